The maximum absolute atomic E-state index is 6.62. The van der Waals surface area contributed by atoms with E-state index in [1.54, 1.807) is 0 Å². The van der Waals surface area contributed by atoms with E-state index in [0.29, 0.717) is 0 Å². The molecule has 0 bridgehead atoms. The highest BCUT2D eigenvalue weighted by molar-refractivity contribution is 9.11. The van der Waals surface area contributed by atoms with Gasteiger partial charge in [0.2, 0.25) is 0 Å². The van der Waals surface area contributed by atoms with Crippen LogP contribution in [0.1, 0.15) is 55.0 Å². The summed E-state index contributed by atoms with van der Waals surface area (Å²) in [7, 11) is 0. The van der Waals surface area contributed by atoms with Crippen LogP contribution in [0.25, 0.3) is 0 Å². The molecule has 0 saturated heterocycles. The molecule has 1 unspecified atom stereocenters. The Morgan fingerprint density at radius 3 is 2.50 bits per heavy atom. The largest absolute Gasteiger partial charge is 0.118 e. The molecule has 0 aromatic heterocycles. The smallest absolute Gasteiger partial charge is 0.0599 e. The molecule has 1 fully saturated rings. The first kappa shape index (κ1) is 14.9. The molecule has 0 nitrogen and oxygen atoms in total. The van der Waals surface area contributed by atoms with Crippen molar-refractivity contribution in [1.29, 1.82) is 0 Å². The van der Waals surface area contributed by atoms with Crippen LogP contribution in [-0.4, -0.2) is 0 Å². The van der Waals surface area contributed by atoms with Crippen molar-refractivity contribution in [2.24, 2.45) is 5.92 Å². The van der Waals surface area contributed by atoms with Crippen molar-refractivity contribution in [3.63, 3.8) is 0 Å². The Balaban J connectivity index is 2.08. The predicted molar refractivity (Wildman–Crippen MR) is 86.4 cm³/mol. The normalized spacial score (nSPS) is 18.9. The summed E-state index contributed by atoms with van der Waals surface area (Å²) in [6.45, 7) is 2.10. The van der Waals surface area contributed by atoms with E-state index in [9.17, 15) is 0 Å². The van der Waals surface area contributed by atoms with Gasteiger partial charge in [0, 0.05) is 8.95 Å². The summed E-state index contributed by atoms with van der Waals surface area (Å²) >= 11 is 13.9. The molecule has 1 aromatic carbocycles. The Kier molecular flexibility index (Phi) is 5.59. The van der Waals surface area contributed by atoms with Crippen molar-refractivity contribution in [2.75, 3.05) is 0 Å². The van der Waals surface area contributed by atoms with Gasteiger partial charge in [0.25, 0.3) is 0 Å². The van der Waals surface area contributed by atoms with Crippen LogP contribution >= 0.6 is 43.5 Å². The molecule has 18 heavy (non-hydrogen) atoms. The van der Waals surface area contributed by atoms with Gasteiger partial charge in [-0.15, -0.1) is 11.6 Å². The Bertz CT molecular complexity index is 411. The average molecular weight is 395 g/mol. The van der Waals surface area contributed by atoms with Crippen molar-refractivity contribution in [2.45, 2.75) is 50.8 Å². The molecule has 100 valence electrons. The highest BCUT2D eigenvalue weighted by atomic mass is 79.9. The van der Waals surface area contributed by atoms with Crippen LogP contribution in [0.2, 0.25) is 0 Å². The van der Waals surface area contributed by atoms with E-state index in [1.165, 1.54) is 43.2 Å². The minimum atomic E-state index is 0.124. The molecular weight excluding hydrogens is 375 g/mol. The summed E-state index contributed by atoms with van der Waals surface area (Å²) in [5.74, 6) is 0.813. The molecule has 1 atom stereocenters. The Morgan fingerprint density at radius 1 is 1.17 bits per heavy atom. The van der Waals surface area contributed by atoms with Gasteiger partial charge >= 0.3 is 0 Å². The van der Waals surface area contributed by atoms with E-state index in [2.05, 4.69) is 50.9 Å². The van der Waals surface area contributed by atoms with E-state index in [-0.39, 0.29) is 5.38 Å². The molecule has 0 radical (unpaired) electrons. The summed E-state index contributed by atoms with van der Waals surface area (Å²) in [6, 6.07) is 4.32. The lowest BCUT2D eigenvalue weighted by molar-refractivity contribution is 0.336. The lowest BCUT2D eigenvalue weighted by Gasteiger charge is -2.24. The zero-order valence-electron chi connectivity index (χ0n) is 10.7. The van der Waals surface area contributed by atoms with Crippen LogP contribution in [0.4, 0.5) is 0 Å². The molecule has 1 aliphatic carbocycles. The van der Waals surface area contributed by atoms with Crippen LogP contribution in [0.3, 0.4) is 0 Å². The second-order valence-electron chi connectivity index (χ2n) is 5.33. The topological polar surface area (TPSA) is 0 Å². The van der Waals surface area contributed by atoms with Gasteiger partial charge < -0.3 is 0 Å². The lowest BCUT2D eigenvalue weighted by atomic mass is 9.85. The van der Waals surface area contributed by atoms with Crippen molar-refractivity contribution in [3.8, 4) is 0 Å². The molecule has 1 aliphatic rings. The second kappa shape index (κ2) is 6.76. The van der Waals surface area contributed by atoms with Gasteiger partial charge in [0.1, 0.15) is 0 Å². The van der Waals surface area contributed by atoms with Gasteiger partial charge in [0.05, 0.1) is 5.38 Å². The number of alkyl halides is 1. The molecule has 0 spiro atoms. The third-order valence-electron chi connectivity index (χ3n) is 3.88. The van der Waals surface area contributed by atoms with Gasteiger partial charge in [-0.1, -0.05) is 64.0 Å². The minimum Gasteiger partial charge on any atom is -0.118 e. The molecule has 1 saturated carbocycles. The zero-order valence-corrected chi connectivity index (χ0v) is 14.6. The fraction of sp³-hybridized carbons (Fsp3) is 0.600. The summed E-state index contributed by atoms with van der Waals surface area (Å²) < 4.78 is 2.29. The Labute approximate surface area is 132 Å². The minimum absolute atomic E-state index is 0.124. The molecule has 0 N–H and O–H groups in total. The van der Waals surface area contributed by atoms with E-state index in [1.807, 2.05) is 0 Å². The van der Waals surface area contributed by atoms with Crippen LogP contribution in [0.15, 0.2) is 21.1 Å². The first-order valence-corrected chi connectivity index (χ1v) is 8.69. The van der Waals surface area contributed by atoms with Gasteiger partial charge in [-0.3, -0.25) is 0 Å². The number of halogens is 3. The first-order chi connectivity index (χ1) is 8.58. The SMILES string of the molecule is Cc1cc(Br)c(C(Cl)CC2CCCCC2)cc1Br. The molecule has 2 rings (SSSR count). The molecule has 1 aromatic rings. The lowest BCUT2D eigenvalue weighted by Crippen LogP contribution is -2.09. The highest BCUT2D eigenvalue weighted by Crippen LogP contribution is 2.39. The number of hydrogen-bond acceptors (Lipinski definition) is 0. The van der Waals surface area contributed by atoms with E-state index >= 15 is 0 Å². The Hall–Kier alpha value is 0.470. The van der Waals surface area contributed by atoms with Crippen LogP contribution in [0.5, 0.6) is 0 Å². The monoisotopic (exact) mass is 392 g/mol. The number of hydrogen-bond donors (Lipinski definition) is 0. The fourth-order valence-electron chi connectivity index (χ4n) is 2.74. The highest BCUT2D eigenvalue weighted by Gasteiger charge is 2.20. The average Bonchev–Trinajstić information content (AvgIpc) is 2.35. The van der Waals surface area contributed by atoms with Crippen LogP contribution < -0.4 is 0 Å². The van der Waals surface area contributed by atoms with E-state index in [0.717, 1.165) is 21.3 Å². The van der Waals surface area contributed by atoms with Crippen LogP contribution in [0, 0.1) is 12.8 Å². The third kappa shape index (κ3) is 3.74. The van der Waals surface area contributed by atoms with E-state index in [4.69, 9.17) is 11.6 Å². The maximum Gasteiger partial charge on any atom is 0.0599 e. The molecule has 0 heterocycles. The molecule has 3 heteroatoms. The molecule has 0 aliphatic heterocycles. The van der Waals surface area contributed by atoms with Gasteiger partial charge in [-0.2, -0.15) is 0 Å². The quantitative estimate of drug-likeness (QED) is 0.496. The number of benzene rings is 1. The zero-order chi connectivity index (χ0) is 13.1. The summed E-state index contributed by atoms with van der Waals surface area (Å²) in [5, 5.41) is 0.124. The van der Waals surface area contributed by atoms with Crippen molar-refractivity contribution in [3.05, 3.63) is 32.2 Å². The van der Waals surface area contributed by atoms with Crippen molar-refractivity contribution < 1.29 is 0 Å². The summed E-state index contributed by atoms with van der Waals surface area (Å²) in [5.41, 5.74) is 2.46. The molecular formula is C15H19Br2Cl. The predicted octanol–water partition coefficient (Wildman–Crippen LogP) is 6.77. The summed E-state index contributed by atoms with van der Waals surface area (Å²) in [4.78, 5) is 0. The third-order valence-corrected chi connectivity index (χ3v) is 5.83. The maximum atomic E-state index is 6.62. The number of aryl methyl sites for hydroxylation is 1. The van der Waals surface area contributed by atoms with Gasteiger partial charge in [0.15, 0.2) is 0 Å². The van der Waals surface area contributed by atoms with Crippen LogP contribution in [-0.2, 0) is 0 Å². The second-order valence-corrected chi connectivity index (χ2v) is 7.57. The standard InChI is InChI=1S/C15H19Br2Cl/c1-10-7-14(17)12(9-13(10)16)15(18)8-11-5-3-2-4-6-11/h7,9,11,15H,2-6,8H2,1H3. The van der Waals surface area contributed by atoms with Gasteiger partial charge in [-0.25, -0.2) is 0 Å². The fourth-order valence-corrected chi connectivity index (χ4v) is 4.40. The van der Waals surface area contributed by atoms with Crippen molar-refractivity contribution >= 4 is 43.5 Å². The van der Waals surface area contributed by atoms with Gasteiger partial charge in [-0.05, 0) is 42.5 Å². The van der Waals surface area contributed by atoms with Crippen molar-refractivity contribution in [1.82, 2.24) is 0 Å². The first-order valence-electron chi connectivity index (χ1n) is 6.67. The summed E-state index contributed by atoms with van der Waals surface area (Å²) in [6.07, 6.45) is 7.99. The Morgan fingerprint density at radius 2 is 1.83 bits per heavy atom. The van der Waals surface area contributed by atoms with E-state index < -0.39 is 0 Å². The molecule has 0 amide bonds. The number of rotatable bonds is 3.